The summed E-state index contributed by atoms with van der Waals surface area (Å²) in [5, 5.41) is 2.96. The number of ether oxygens (including phenoxy) is 1. The van der Waals surface area contributed by atoms with Crippen LogP contribution in [0.3, 0.4) is 0 Å². The number of hydrogen-bond donors (Lipinski definition) is 2. The Bertz CT molecular complexity index is 540. The highest BCUT2D eigenvalue weighted by atomic mass is 19.1. The molecule has 0 unspecified atom stereocenters. The van der Waals surface area contributed by atoms with E-state index in [4.69, 9.17) is 0 Å². The summed E-state index contributed by atoms with van der Waals surface area (Å²) in [5.41, 5.74) is 1.50. The third-order valence-electron chi connectivity index (χ3n) is 2.41. The number of methoxy groups -OCH3 is 1. The number of halogens is 1. The highest BCUT2D eigenvalue weighted by Crippen LogP contribution is 2.18. The molecule has 0 aliphatic carbocycles. The van der Waals surface area contributed by atoms with Gasteiger partial charge in [0.1, 0.15) is 5.82 Å². The minimum absolute atomic E-state index is 0.290. The molecule has 0 fully saturated rings. The molecule has 1 heterocycles. The number of carbonyl (C=O) groups is 1. The van der Waals surface area contributed by atoms with E-state index in [1.165, 1.54) is 25.3 Å². The standard InChI is InChI=1S/C12H12FN3O2/c1-18-12(17)10-3-2-8(13)4-11(10)15-6-9-5-14-7-16-9/h2-5,7,15H,6H2,1H3,(H,14,16). The summed E-state index contributed by atoms with van der Waals surface area (Å²) in [6.45, 7) is 0.410. The highest BCUT2D eigenvalue weighted by Gasteiger charge is 2.12. The van der Waals surface area contributed by atoms with E-state index < -0.39 is 11.8 Å². The van der Waals surface area contributed by atoms with Crippen molar-refractivity contribution in [3.05, 3.63) is 47.8 Å². The second-order valence-corrected chi connectivity index (χ2v) is 3.61. The fourth-order valence-corrected chi connectivity index (χ4v) is 1.52. The summed E-state index contributed by atoms with van der Waals surface area (Å²) in [6, 6.07) is 3.85. The lowest BCUT2D eigenvalue weighted by Crippen LogP contribution is -2.08. The molecule has 6 heteroatoms. The number of anilines is 1. The van der Waals surface area contributed by atoms with Gasteiger partial charge in [-0.1, -0.05) is 0 Å². The van der Waals surface area contributed by atoms with Crippen molar-refractivity contribution in [2.24, 2.45) is 0 Å². The molecule has 0 amide bonds. The van der Waals surface area contributed by atoms with Crippen molar-refractivity contribution in [2.45, 2.75) is 6.54 Å². The first-order valence-electron chi connectivity index (χ1n) is 5.29. The third-order valence-corrected chi connectivity index (χ3v) is 2.41. The second-order valence-electron chi connectivity index (χ2n) is 3.61. The molecule has 0 atom stereocenters. The summed E-state index contributed by atoms with van der Waals surface area (Å²) in [5.74, 6) is -0.933. The molecular weight excluding hydrogens is 237 g/mol. The average Bonchev–Trinajstić information content (AvgIpc) is 2.88. The van der Waals surface area contributed by atoms with E-state index in [0.29, 0.717) is 17.8 Å². The van der Waals surface area contributed by atoms with Gasteiger partial charge in [-0.2, -0.15) is 0 Å². The zero-order chi connectivity index (χ0) is 13.0. The summed E-state index contributed by atoms with van der Waals surface area (Å²) in [6.07, 6.45) is 3.19. The Morgan fingerprint density at radius 3 is 3.06 bits per heavy atom. The molecule has 0 saturated heterocycles. The summed E-state index contributed by atoms with van der Waals surface area (Å²) < 4.78 is 17.8. The number of aromatic nitrogens is 2. The fraction of sp³-hybridized carbons (Fsp3) is 0.167. The number of esters is 1. The lowest BCUT2D eigenvalue weighted by molar-refractivity contribution is 0.0602. The van der Waals surface area contributed by atoms with Crippen molar-refractivity contribution in [3.63, 3.8) is 0 Å². The number of imidazole rings is 1. The SMILES string of the molecule is COC(=O)c1ccc(F)cc1NCc1cnc[nH]1. The molecule has 0 aliphatic heterocycles. The van der Waals surface area contributed by atoms with Crippen molar-refractivity contribution in [2.75, 3.05) is 12.4 Å². The summed E-state index contributed by atoms with van der Waals surface area (Å²) in [4.78, 5) is 18.3. The number of hydrogen-bond acceptors (Lipinski definition) is 4. The molecule has 0 saturated carbocycles. The van der Waals surface area contributed by atoms with Gasteiger partial charge in [0.15, 0.2) is 0 Å². The number of nitrogens with one attached hydrogen (secondary N) is 2. The number of H-pyrrole nitrogens is 1. The van der Waals surface area contributed by atoms with Gasteiger partial charge in [0, 0.05) is 6.20 Å². The zero-order valence-electron chi connectivity index (χ0n) is 9.74. The van der Waals surface area contributed by atoms with Crippen molar-refractivity contribution in [1.82, 2.24) is 9.97 Å². The molecular formula is C12H12FN3O2. The highest BCUT2D eigenvalue weighted by molar-refractivity contribution is 5.95. The van der Waals surface area contributed by atoms with Crippen molar-refractivity contribution in [1.29, 1.82) is 0 Å². The van der Waals surface area contributed by atoms with Gasteiger partial charge in [0.05, 0.1) is 36.9 Å². The predicted molar refractivity (Wildman–Crippen MR) is 63.7 cm³/mol. The Morgan fingerprint density at radius 2 is 2.39 bits per heavy atom. The summed E-state index contributed by atoms with van der Waals surface area (Å²) in [7, 11) is 1.28. The van der Waals surface area contributed by atoms with Gasteiger partial charge >= 0.3 is 5.97 Å². The molecule has 1 aromatic carbocycles. The number of rotatable bonds is 4. The Kier molecular flexibility index (Phi) is 3.57. The molecule has 2 N–H and O–H groups in total. The van der Waals surface area contributed by atoms with Crippen LogP contribution in [-0.2, 0) is 11.3 Å². The Morgan fingerprint density at radius 1 is 1.56 bits per heavy atom. The Labute approximate surface area is 103 Å². The maximum Gasteiger partial charge on any atom is 0.339 e. The van der Waals surface area contributed by atoms with Crippen LogP contribution in [0.15, 0.2) is 30.7 Å². The molecule has 5 nitrogen and oxygen atoms in total. The van der Waals surface area contributed by atoms with Crippen molar-refractivity contribution < 1.29 is 13.9 Å². The van der Waals surface area contributed by atoms with E-state index in [-0.39, 0.29) is 0 Å². The van der Waals surface area contributed by atoms with Gasteiger partial charge in [-0.05, 0) is 18.2 Å². The number of aromatic amines is 1. The van der Waals surface area contributed by atoms with Gasteiger partial charge in [0.2, 0.25) is 0 Å². The van der Waals surface area contributed by atoms with Gasteiger partial charge in [-0.3, -0.25) is 0 Å². The number of carbonyl (C=O) groups excluding carboxylic acids is 1. The normalized spacial score (nSPS) is 10.1. The Hall–Kier alpha value is -2.37. The first kappa shape index (κ1) is 12.1. The largest absolute Gasteiger partial charge is 0.465 e. The predicted octanol–water partition coefficient (Wildman–Crippen LogP) is 1.95. The van der Waals surface area contributed by atoms with Crippen LogP contribution in [0, 0.1) is 5.82 Å². The maximum atomic E-state index is 13.2. The van der Waals surface area contributed by atoms with E-state index >= 15 is 0 Å². The zero-order valence-corrected chi connectivity index (χ0v) is 9.74. The fourth-order valence-electron chi connectivity index (χ4n) is 1.52. The Balaban J connectivity index is 2.19. The van der Waals surface area contributed by atoms with Crippen molar-refractivity contribution >= 4 is 11.7 Å². The second kappa shape index (κ2) is 5.31. The van der Waals surface area contributed by atoms with Gasteiger partial charge in [-0.25, -0.2) is 14.2 Å². The van der Waals surface area contributed by atoms with Crippen LogP contribution in [0.4, 0.5) is 10.1 Å². The molecule has 94 valence electrons. The first-order valence-corrected chi connectivity index (χ1v) is 5.29. The van der Waals surface area contributed by atoms with E-state index in [1.807, 2.05) is 0 Å². The number of benzene rings is 1. The summed E-state index contributed by atoms with van der Waals surface area (Å²) >= 11 is 0. The van der Waals surface area contributed by atoms with Crippen LogP contribution in [0.5, 0.6) is 0 Å². The average molecular weight is 249 g/mol. The number of nitrogens with zero attached hydrogens (tertiary/aromatic N) is 1. The van der Waals surface area contributed by atoms with E-state index in [1.54, 1.807) is 12.5 Å². The topological polar surface area (TPSA) is 67.0 Å². The minimum atomic E-state index is -0.512. The van der Waals surface area contributed by atoms with Crippen LogP contribution in [0.2, 0.25) is 0 Å². The lowest BCUT2D eigenvalue weighted by Gasteiger charge is -2.10. The van der Waals surface area contributed by atoms with Gasteiger partial charge in [0.25, 0.3) is 0 Å². The molecule has 2 aromatic rings. The quantitative estimate of drug-likeness (QED) is 0.813. The molecule has 0 bridgehead atoms. The van der Waals surface area contributed by atoms with E-state index in [2.05, 4.69) is 20.0 Å². The smallest absolute Gasteiger partial charge is 0.339 e. The first-order chi connectivity index (χ1) is 8.70. The van der Waals surface area contributed by atoms with Gasteiger partial charge in [-0.15, -0.1) is 0 Å². The molecule has 18 heavy (non-hydrogen) atoms. The third kappa shape index (κ3) is 2.65. The minimum Gasteiger partial charge on any atom is -0.465 e. The van der Waals surface area contributed by atoms with Crippen LogP contribution >= 0.6 is 0 Å². The van der Waals surface area contributed by atoms with Crippen LogP contribution in [0.25, 0.3) is 0 Å². The van der Waals surface area contributed by atoms with E-state index in [0.717, 1.165) is 5.69 Å². The van der Waals surface area contributed by atoms with Crippen LogP contribution in [0.1, 0.15) is 16.1 Å². The van der Waals surface area contributed by atoms with Crippen molar-refractivity contribution in [3.8, 4) is 0 Å². The molecule has 0 spiro atoms. The molecule has 1 aromatic heterocycles. The molecule has 0 radical (unpaired) electrons. The lowest BCUT2D eigenvalue weighted by atomic mass is 10.1. The van der Waals surface area contributed by atoms with Crippen LogP contribution in [-0.4, -0.2) is 23.0 Å². The molecule has 2 rings (SSSR count). The molecule has 0 aliphatic rings. The van der Waals surface area contributed by atoms with Crippen LogP contribution < -0.4 is 5.32 Å². The maximum absolute atomic E-state index is 13.2. The van der Waals surface area contributed by atoms with E-state index in [9.17, 15) is 9.18 Å². The van der Waals surface area contributed by atoms with Gasteiger partial charge < -0.3 is 15.0 Å². The monoisotopic (exact) mass is 249 g/mol.